The summed E-state index contributed by atoms with van der Waals surface area (Å²) in [7, 11) is 0. The highest BCUT2D eigenvalue weighted by Gasteiger charge is 2.22. The van der Waals surface area contributed by atoms with Crippen LogP contribution in [-0.2, 0) is 11.4 Å². The lowest BCUT2D eigenvalue weighted by Gasteiger charge is -2.10. The standard InChI is InChI=1S/C17H16F2N2O/c18-14-6-3-5-12(8-14)17-9-15(22-21-17)11-20-10-13-4-1-2-7-16(13)19/h1-8,15,20H,9-11H2/t15-/m0/s1. The summed E-state index contributed by atoms with van der Waals surface area (Å²) in [4.78, 5) is 5.34. The molecule has 0 aromatic heterocycles. The topological polar surface area (TPSA) is 33.6 Å². The Bertz CT molecular complexity index is 688. The van der Waals surface area contributed by atoms with E-state index in [1.54, 1.807) is 30.3 Å². The average molecular weight is 302 g/mol. The van der Waals surface area contributed by atoms with Crippen LogP contribution in [0, 0.1) is 11.6 Å². The highest BCUT2D eigenvalue weighted by atomic mass is 19.1. The Hall–Kier alpha value is -2.27. The van der Waals surface area contributed by atoms with Gasteiger partial charge in [-0.1, -0.05) is 35.5 Å². The van der Waals surface area contributed by atoms with E-state index in [0.29, 0.717) is 25.1 Å². The van der Waals surface area contributed by atoms with E-state index >= 15 is 0 Å². The Kier molecular flexibility index (Phi) is 4.44. The SMILES string of the molecule is Fc1cccc(C2=NO[C@H](CNCc3ccccc3F)C2)c1. The van der Waals surface area contributed by atoms with Crippen molar-refractivity contribution in [2.75, 3.05) is 6.54 Å². The molecule has 5 heteroatoms. The third-order valence-electron chi connectivity index (χ3n) is 3.54. The Labute approximate surface area is 127 Å². The van der Waals surface area contributed by atoms with E-state index in [4.69, 9.17) is 4.84 Å². The maximum absolute atomic E-state index is 13.5. The predicted octanol–water partition coefficient (Wildman–Crippen LogP) is 3.25. The van der Waals surface area contributed by atoms with Crippen molar-refractivity contribution in [3.8, 4) is 0 Å². The van der Waals surface area contributed by atoms with Crippen LogP contribution in [0.3, 0.4) is 0 Å². The molecule has 0 radical (unpaired) electrons. The number of nitrogens with zero attached hydrogens (tertiary/aromatic N) is 1. The second-order valence-electron chi connectivity index (χ2n) is 5.20. The van der Waals surface area contributed by atoms with E-state index in [-0.39, 0.29) is 17.7 Å². The van der Waals surface area contributed by atoms with Crippen LogP contribution in [-0.4, -0.2) is 18.4 Å². The Morgan fingerprint density at radius 2 is 2.00 bits per heavy atom. The van der Waals surface area contributed by atoms with Crippen LogP contribution in [0.2, 0.25) is 0 Å². The van der Waals surface area contributed by atoms with Crippen molar-refractivity contribution in [2.45, 2.75) is 19.1 Å². The highest BCUT2D eigenvalue weighted by molar-refractivity contribution is 6.01. The van der Waals surface area contributed by atoms with Gasteiger partial charge >= 0.3 is 0 Å². The van der Waals surface area contributed by atoms with Gasteiger partial charge in [0.1, 0.15) is 17.7 Å². The van der Waals surface area contributed by atoms with E-state index in [0.717, 1.165) is 11.3 Å². The zero-order chi connectivity index (χ0) is 15.4. The number of hydrogen-bond donors (Lipinski definition) is 1. The summed E-state index contributed by atoms with van der Waals surface area (Å²) < 4.78 is 26.7. The molecule has 1 aliphatic heterocycles. The van der Waals surface area contributed by atoms with Crippen LogP contribution in [0.5, 0.6) is 0 Å². The first-order valence-electron chi connectivity index (χ1n) is 7.15. The molecule has 1 aliphatic rings. The van der Waals surface area contributed by atoms with Crippen molar-refractivity contribution < 1.29 is 13.6 Å². The molecule has 0 aliphatic carbocycles. The van der Waals surface area contributed by atoms with Gasteiger partial charge in [0.2, 0.25) is 0 Å². The maximum Gasteiger partial charge on any atom is 0.145 e. The second-order valence-corrected chi connectivity index (χ2v) is 5.20. The molecule has 1 atom stereocenters. The molecule has 0 spiro atoms. The molecule has 0 unspecified atom stereocenters. The molecular weight excluding hydrogens is 286 g/mol. The van der Waals surface area contributed by atoms with Crippen molar-refractivity contribution in [1.82, 2.24) is 5.32 Å². The van der Waals surface area contributed by atoms with Gasteiger partial charge in [-0.25, -0.2) is 8.78 Å². The molecule has 0 fully saturated rings. The fraction of sp³-hybridized carbons (Fsp3) is 0.235. The summed E-state index contributed by atoms with van der Waals surface area (Å²) in [5.41, 5.74) is 2.08. The van der Waals surface area contributed by atoms with Crippen LogP contribution < -0.4 is 5.32 Å². The third-order valence-corrected chi connectivity index (χ3v) is 3.54. The van der Waals surface area contributed by atoms with E-state index in [9.17, 15) is 8.78 Å². The number of rotatable bonds is 5. The van der Waals surface area contributed by atoms with Crippen molar-refractivity contribution >= 4 is 5.71 Å². The highest BCUT2D eigenvalue weighted by Crippen LogP contribution is 2.17. The zero-order valence-electron chi connectivity index (χ0n) is 11.9. The Morgan fingerprint density at radius 3 is 2.82 bits per heavy atom. The van der Waals surface area contributed by atoms with Crippen molar-refractivity contribution in [1.29, 1.82) is 0 Å². The van der Waals surface area contributed by atoms with Crippen LogP contribution in [0.15, 0.2) is 53.7 Å². The van der Waals surface area contributed by atoms with E-state index in [1.165, 1.54) is 18.2 Å². The first-order valence-corrected chi connectivity index (χ1v) is 7.15. The van der Waals surface area contributed by atoms with E-state index in [2.05, 4.69) is 10.5 Å². The molecule has 114 valence electrons. The number of hydrogen-bond acceptors (Lipinski definition) is 3. The van der Waals surface area contributed by atoms with Gasteiger partial charge in [-0.2, -0.15) is 0 Å². The van der Waals surface area contributed by atoms with E-state index < -0.39 is 0 Å². The normalized spacial score (nSPS) is 17.2. The molecule has 1 heterocycles. The van der Waals surface area contributed by atoms with Gasteiger partial charge in [-0.3, -0.25) is 0 Å². The number of halogens is 2. The molecule has 2 aromatic rings. The first kappa shape index (κ1) is 14.7. The van der Waals surface area contributed by atoms with Gasteiger partial charge in [-0.15, -0.1) is 0 Å². The lowest BCUT2D eigenvalue weighted by molar-refractivity contribution is 0.0848. The van der Waals surface area contributed by atoms with Crippen molar-refractivity contribution in [2.24, 2.45) is 5.16 Å². The van der Waals surface area contributed by atoms with Crippen LogP contribution in [0.4, 0.5) is 8.78 Å². The summed E-state index contributed by atoms with van der Waals surface area (Å²) in [6.07, 6.45) is 0.485. The van der Waals surface area contributed by atoms with Gasteiger partial charge in [0.25, 0.3) is 0 Å². The smallest absolute Gasteiger partial charge is 0.145 e. The number of oxime groups is 1. The summed E-state index contributed by atoms with van der Waals surface area (Å²) in [5, 5.41) is 7.16. The van der Waals surface area contributed by atoms with Gasteiger partial charge in [0.05, 0.1) is 5.71 Å². The van der Waals surface area contributed by atoms with Crippen molar-refractivity contribution in [3.63, 3.8) is 0 Å². The molecule has 0 saturated carbocycles. The molecule has 22 heavy (non-hydrogen) atoms. The summed E-state index contributed by atoms with van der Waals surface area (Å²) in [6.45, 7) is 0.985. The lowest BCUT2D eigenvalue weighted by atomic mass is 10.0. The van der Waals surface area contributed by atoms with E-state index in [1.807, 2.05) is 0 Å². The predicted molar refractivity (Wildman–Crippen MR) is 80.5 cm³/mol. The van der Waals surface area contributed by atoms with Crippen LogP contribution in [0.1, 0.15) is 17.5 Å². The molecule has 0 bridgehead atoms. The van der Waals surface area contributed by atoms with Gasteiger partial charge < -0.3 is 10.2 Å². The molecular formula is C17H16F2N2O. The van der Waals surface area contributed by atoms with Gasteiger partial charge in [0, 0.05) is 30.6 Å². The van der Waals surface area contributed by atoms with Gasteiger partial charge in [0.15, 0.2) is 0 Å². The molecule has 1 N–H and O–H groups in total. The number of nitrogens with one attached hydrogen (secondary N) is 1. The van der Waals surface area contributed by atoms with Crippen LogP contribution >= 0.6 is 0 Å². The molecule has 0 saturated heterocycles. The average Bonchev–Trinajstić information content (AvgIpc) is 2.98. The quantitative estimate of drug-likeness (QED) is 0.920. The molecule has 2 aromatic carbocycles. The minimum Gasteiger partial charge on any atom is -0.390 e. The molecule has 0 amide bonds. The molecule has 3 rings (SSSR count). The minimum atomic E-state index is -0.290. The largest absolute Gasteiger partial charge is 0.390 e. The minimum absolute atomic E-state index is 0.120. The molecule has 3 nitrogen and oxygen atoms in total. The fourth-order valence-corrected chi connectivity index (χ4v) is 2.39. The summed E-state index contributed by atoms with van der Waals surface area (Å²) in [6, 6.07) is 12.9. The maximum atomic E-state index is 13.5. The number of benzene rings is 2. The van der Waals surface area contributed by atoms with Crippen LogP contribution in [0.25, 0.3) is 0 Å². The Morgan fingerprint density at radius 1 is 1.14 bits per heavy atom. The summed E-state index contributed by atoms with van der Waals surface area (Å²) in [5.74, 6) is -0.514. The zero-order valence-corrected chi connectivity index (χ0v) is 11.9. The van der Waals surface area contributed by atoms with Gasteiger partial charge in [-0.05, 0) is 18.2 Å². The Balaban J connectivity index is 1.50. The summed E-state index contributed by atoms with van der Waals surface area (Å²) >= 11 is 0. The third kappa shape index (κ3) is 3.49. The first-order chi connectivity index (χ1) is 10.7. The second kappa shape index (κ2) is 6.66. The lowest BCUT2D eigenvalue weighted by Crippen LogP contribution is -2.27. The van der Waals surface area contributed by atoms with Crippen molar-refractivity contribution in [3.05, 3.63) is 71.3 Å². The monoisotopic (exact) mass is 302 g/mol. The fourth-order valence-electron chi connectivity index (χ4n) is 2.39.